The molecule has 0 bridgehead atoms. The molecule has 2 aromatic heterocycles. The number of halogens is 3. The highest BCUT2D eigenvalue weighted by atomic mass is 32.2. The predicted octanol–water partition coefficient (Wildman–Crippen LogP) is 4.69. The molecule has 1 fully saturated rings. The van der Waals surface area contributed by atoms with E-state index in [4.69, 9.17) is 4.42 Å². The average Bonchev–Trinajstić information content (AvgIpc) is 3.05. The number of carbonyl (C=O) groups excluding carboxylic acids is 1. The molecule has 1 aliphatic rings. The predicted molar refractivity (Wildman–Crippen MR) is 95.1 cm³/mol. The number of hydrogen-bond donors (Lipinski definition) is 1. The van der Waals surface area contributed by atoms with Crippen molar-refractivity contribution in [1.29, 1.82) is 0 Å². The molecule has 0 radical (unpaired) electrons. The zero-order valence-corrected chi connectivity index (χ0v) is 15.4. The van der Waals surface area contributed by atoms with E-state index in [0.29, 0.717) is 0 Å². The second kappa shape index (κ2) is 8.77. The number of rotatable bonds is 5. The molecule has 1 N–H and O–H groups in total. The minimum absolute atomic E-state index is 0.0323. The Kier molecular flexibility index (Phi) is 6.41. The van der Waals surface area contributed by atoms with Crippen molar-refractivity contribution in [2.24, 2.45) is 0 Å². The highest BCUT2D eigenvalue weighted by Crippen LogP contribution is 2.32. The van der Waals surface area contributed by atoms with Gasteiger partial charge in [-0.05, 0) is 31.0 Å². The van der Waals surface area contributed by atoms with E-state index in [0.717, 1.165) is 43.5 Å². The smallest absolute Gasteiger partial charge is 0.433 e. The first-order chi connectivity index (χ1) is 12.9. The van der Waals surface area contributed by atoms with Gasteiger partial charge in [0, 0.05) is 6.04 Å². The van der Waals surface area contributed by atoms with Crippen molar-refractivity contribution in [1.82, 2.24) is 15.3 Å². The Balaban J connectivity index is 1.68. The molecular formula is C18H20F3N3O2S. The fraction of sp³-hybridized carbons (Fsp3) is 0.500. The molecule has 0 aromatic carbocycles. The number of amides is 1. The number of carbonyl (C=O) groups is 1. The van der Waals surface area contributed by atoms with E-state index in [9.17, 15) is 18.0 Å². The Morgan fingerprint density at radius 2 is 1.96 bits per heavy atom. The summed E-state index contributed by atoms with van der Waals surface area (Å²) in [5.41, 5.74) is -1.02. The van der Waals surface area contributed by atoms with Crippen molar-refractivity contribution in [3.8, 4) is 11.5 Å². The molecule has 3 rings (SSSR count). The Morgan fingerprint density at radius 1 is 1.22 bits per heavy atom. The van der Waals surface area contributed by atoms with Gasteiger partial charge in [-0.3, -0.25) is 4.79 Å². The third kappa shape index (κ3) is 5.72. The largest absolute Gasteiger partial charge is 0.463 e. The quantitative estimate of drug-likeness (QED) is 0.449. The first-order valence-corrected chi connectivity index (χ1v) is 9.83. The molecule has 0 saturated heterocycles. The molecule has 0 spiro atoms. The number of alkyl halides is 3. The molecular weight excluding hydrogens is 379 g/mol. The zero-order valence-electron chi connectivity index (χ0n) is 14.6. The molecule has 0 atom stereocenters. The molecule has 146 valence electrons. The second-order valence-electron chi connectivity index (χ2n) is 6.44. The van der Waals surface area contributed by atoms with E-state index in [1.165, 1.54) is 25.2 Å². The van der Waals surface area contributed by atoms with Crippen molar-refractivity contribution < 1.29 is 22.4 Å². The molecule has 9 heteroatoms. The summed E-state index contributed by atoms with van der Waals surface area (Å²) in [6.45, 7) is 0. The maximum Gasteiger partial charge on any atom is 0.433 e. The van der Waals surface area contributed by atoms with Crippen LogP contribution >= 0.6 is 11.8 Å². The monoisotopic (exact) mass is 399 g/mol. The highest BCUT2D eigenvalue weighted by Gasteiger charge is 2.34. The van der Waals surface area contributed by atoms with Crippen LogP contribution in [-0.4, -0.2) is 27.7 Å². The molecule has 1 amide bonds. The van der Waals surface area contributed by atoms with E-state index >= 15 is 0 Å². The Morgan fingerprint density at radius 3 is 2.59 bits per heavy atom. The lowest BCUT2D eigenvalue weighted by Crippen LogP contribution is -2.35. The number of thioether (sulfide) groups is 1. The van der Waals surface area contributed by atoms with Gasteiger partial charge in [-0.2, -0.15) is 13.2 Å². The lowest BCUT2D eigenvalue weighted by Gasteiger charge is -2.16. The third-order valence-electron chi connectivity index (χ3n) is 4.32. The zero-order chi connectivity index (χ0) is 19.3. The summed E-state index contributed by atoms with van der Waals surface area (Å²) in [6.07, 6.45) is 3.16. The molecule has 2 aromatic rings. The van der Waals surface area contributed by atoms with Crippen molar-refractivity contribution in [2.75, 3.05) is 5.75 Å². The van der Waals surface area contributed by atoms with Crippen LogP contribution in [0.1, 0.15) is 44.2 Å². The molecule has 0 unspecified atom stereocenters. The fourth-order valence-corrected chi connectivity index (χ4v) is 3.68. The number of hydrogen-bond acceptors (Lipinski definition) is 5. The molecule has 1 saturated carbocycles. The third-order valence-corrected chi connectivity index (χ3v) is 5.17. The van der Waals surface area contributed by atoms with Crippen molar-refractivity contribution >= 4 is 17.7 Å². The van der Waals surface area contributed by atoms with Crippen LogP contribution in [0.5, 0.6) is 0 Å². The van der Waals surface area contributed by atoms with Crippen molar-refractivity contribution in [2.45, 2.75) is 55.9 Å². The van der Waals surface area contributed by atoms with Gasteiger partial charge in [0.2, 0.25) is 5.91 Å². The van der Waals surface area contributed by atoms with Gasteiger partial charge in [0.25, 0.3) is 0 Å². The van der Waals surface area contributed by atoms with E-state index in [1.807, 2.05) is 0 Å². The number of aromatic nitrogens is 2. The summed E-state index contributed by atoms with van der Waals surface area (Å²) in [5, 5.41) is 2.86. The van der Waals surface area contributed by atoms with Gasteiger partial charge in [0.05, 0.1) is 12.0 Å². The van der Waals surface area contributed by atoms with Gasteiger partial charge < -0.3 is 9.73 Å². The molecule has 0 aliphatic heterocycles. The Bertz CT molecular complexity index is 758. The summed E-state index contributed by atoms with van der Waals surface area (Å²) < 4.78 is 44.5. The summed E-state index contributed by atoms with van der Waals surface area (Å²) in [4.78, 5) is 19.8. The van der Waals surface area contributed by atoms with Crippen LogP contribution < -0.4 is 5.32 Å². The van der Waals surface area contributed by atoms with Gasteiger partial charge in [0.15, 0.2) is 10.9 Å². The average molecular weight is 399 g/mol. The van der Waals surface area contributed by atoms with Crippen LogP contribution in [0.2, 0.25) is 0 Å². The van der Waals surface area contributed by atoms with Gasteiger partial charge in [0.1, 0.15) is 11.4 Å². The fourth-order valence-electron chi connectivity index (χ4n) is 3.01. The summed E-state index contributed by atoms with van der Waals surface area (Å²) in [7, 11) is 0. The topological polar surface area (TPSA) is 68.0 Å². The molecule has 1 aliphatic carbocycles. The van der Waals surface area contributed by atoms with E-state index in [2.05, 4.69) is 15.3 Å². The van der Waals surface area contributed by atoms with Crippen LogP contribution in [0.25, 0.3) is 11.5 Å². The first kappa shape index (κ1) is 19.7. The van der Waals surface area contributed by atoms with Crippen LogP contribution in [0.15, 0.2) is 34.0 Å². The van der Waals surface area contributed by atoms with Crippen LogP contribution in [0.3, 0.4) is 0 Å². The second-order valence-corrected chi connectivity index (χ2v) is 7.38. The van der Waals surface area contributed by atoms with Crippen molar-refractivity contribution in [3.63, 3.8) is 0 Å². The lowest BCUT2D eigenvalue weighted by molar-refractivity contribution is -0.141. The summed E-state index contributed by atoms with van der Waals surface area (Å²) >= 11 is 0.888. The van der Waals surface area contributed by atoms with E-state index in [-0.39, 0.29) is 34.3 Å². The number of nitrogens with one attached hydrogen (secondary N) is 1. The highest BCUT2D eigenvalue weighted by molar-refractivity contribution is 7.99. The first-order valence-electron chi connectivity index (χ1n) is 8.84. The normalized spacial score (nSPS) is 16.1. The maximum absolute atomic E-state index is 13.1. The SMILES string of the molecule is O=C(CSc1nc(-c2ccco2)cc(C(F)(F)F)n1)NC1CCCCCC1. The summed E-state index contributed by atoms with van der Waals surface area (Å²) in [6, 6.07) is 4.07. The lowest BCUT2D eigenvalue weighted by atomic mass is 10.1. The molecule has 5 nitrogen and oxygen atoms in total. The molecule has 27 heavy (non-hydrogen) atoms. The van der Waals surface area contributed by atoms with E-state index in [1.54, 1.807) is 6.07 Å². The van der Waals surface area contributed by atoms with Gasteiger partial charge in [-0.1, -0.05) is 37.4 Å². The van der Waals surface area contributed by atoms with Gasteiger partial charge in [-0.15, -0.1) is 0 Å². The number of furan rings is 1. The Hall–Kier alpha value is -2.03. The minimum atomic E-state index is -4.61. The van der Waals surface area contributed by atoms with Crippen LogP contribution in [0.4, 0.5) is 13.2 Å². The summed E-state index contributed by atoms with van der Waals surface area (Å²) in [5.74, 6) is -0.0322. The van der Waals surface area contributed by atoms with Crippen LogP contribution in [-0.2, 0) is 11.0 Å². The van der Waals surface area contributed by atoms with Gasteiger partial charge >= 0.3 is 6.18 Å². The standard InChI is InChI=1S/C18H20F3N3O2S/c19-18(20,21)15-10-13(14-8-5-9-26-14)23-17(24-15)27-11-16(25)22-12-6-3-1-2-4-7-12/h5,8-10,12H,1-4,6-7,11H2,(H,22,25). The van der Waals surface area contributed by atoms with E-state index < -0.39 is 11.9 Å². The van der Waals surface area contributed by atoms with Gasteiger partial charge in [-0.25, -0.2) is 9.97 Å². The number of nitrogens with zero attached hydrogens (tertiary/aromatic N) is 2. The molecule has 2 heterocycles. The minimum Gasteiger partial charge on any atom is -0.463 e. The van der Waals surface area contributed by atoms with Crippen molar-refractivity contribution in [3.05, 3.63) is 30.2 Å². The Labute approximate surface area is 159 Å². The maximum atomic E-state index is 13.1. The van der Waals surface area contributed by atoms with Crippen LogP contribution in [0, 0.1) is 0 Å².